The molecule has 4 rings (SSSR count). The fourth-order valence-electron chi connectivity index (χ4n) is 3.11. The second-order valence-corrected chi connectivity index (χ2v) is 7.65. The number of anilines is 1. The first-order chi connectivity index (χ1) is 13.5. The van der Waals surface area contributed by atoms with E-state index in [0.29, 0.717) is 5.82 Å². The number of aryl methyl sites for hydroxylation is 1. The van der Waals surface area contributed by atoms with Gasteiger partial charge in [0, 0.05) is 29.2 Å². The number of fused-ring (bicyclic) bond motifs is 1. The van der Waals surface area contributed by atoms with Gasteiger partial charge in [0.1, 0.15) is 5.82 Å². The van der Waals surface area contributed by atoms with Crippen LogP contribution in [0.15, 0.2) is 48.5 Å². The Morgan fingerprint density at radius 2 is 1.89 bits per heavy atom. The van der Waals surface area contributed by atoms with Crippen molar-refractivity contribution in [2.45, 2.75) is 24.9 Å². The van der Waals surface area contributed by atoms with Crippen LogP contribution >= 0.6 is 11.8 Å². The Labute approximate surface area is 165 Å². The van der Waals surface area contributed by atoms with E-state index >= 15 is 0 Å². The maximum absolute atomic E-state index is 12.6. The lowest BCUT2D eigenvalue weighted by molar-refractivity contribution is -0.384. The summed E-state index contributed by atoms with van der Waals surface area (Å²) in [6.45, 7) is 2.02. The first kappa shape index (κ1) is 18.2. The number of aromatic nitrogens is 2. The molecule has 1 aromatic heterocycles. The average Bonchev–Trinajstić information content (AvgIpc) is 3.26. The first-order valence-electron chi connectivity index (χ1n) is 8.80. The molecule has 1 aliphatic heterocycles. The summed E-state index contributed by atoms with van der Waals surface area (Å²) in [4.78, 5) is 23.0. The van der Waals surface area contributed by atoms with Gasteiger partial charge in [-0.15, -0.1) is 0 Å². The highest BCUT2D eigenvalue weighted by molar-refractivity contribution is 7.98. The third-order valence-corrected chi connectivity index (χ3v) is 5.57. The summed E-state index contributed by atoms with van der Waals surface area (Å²) in [6, 6.07) is 14.0. The molecule has 0 fully saturated rings. The lowest BCUT2D eigenvalue weighted by Gasteiger charge is -2.11. The number of rotatable bonds is 5. The number of hydrogen-bond acceptors (Lipinski definition) is 5. The summed E-state index contributed by atoms with van der Waals surface area (Å²) in [6.07, 6.45) is 0.138. The quantitative estimate of drug-likeness (QED) is 0.521. The Morgan fingerprint density at radius 3 is 2.57 bits per heavy atom. The van der Waals surface area contributed by atoms with Crippen molar-refractivity contribution in [3.63, 3.8) is 0 Å². The summed E-state index contributed by atoms with van der Waals surface area (Å²) >= 11 is 1.77. The zero-order chi connectivity index (χ0) is 19.7. The van der Waals surface area contributed by atoms with E-state index in [4.69, 9.17) is 0 Å². The number of carbonyl (C=O) groups is 1. The zero-order valence-electron chi connectivity index (χ0n) is 15.2. The Hall–Kier alpha value is -3.13. The van der Waals surface area contributed by atoms with Gasteiger partial charge >= 0.3 is 0 Å². The number of hydrogen-bond donors (Lipinski definition) is 1. The topological polar surface area (TPSA) is 90.1 Å². The number of nitrogens with zero attached hydrogens (tertiary/aromatic N) is 3. The molecule has 1 amide bonds. The van der Waals surface area contributed by atoms with Gasteiger partial charge in [0.25, 0.3) is 5.69 Å². The third-order valence-electron chi connectivity index (χ3n) is 4.60. The van der Waals surface area contributed by atoms with Gasteiger partial charge in [0.2, 0.25) is 5.91 Å². The van der Waals surface area contributed by atoms with Crippen molar-refractivity contribution in [1.29, 1.82) is 0 Å². The molecule has 0 saturated heterocycles. The van der Waals surface area contributed by atoms with E-state index in [1.807, 2.05) is 31.2 Å². The van der Waals surface area contributed by atoms with Crippen molar-refractivity contribution in [3.8, 4) is 5.69 Å². The predicted molar refractivity (Wildman–Crippen MR) is 109 cm³/mol. The molecular formula is C20H18N4O3S. The second-order valence-electron chi connectivity index (χ2n) is 6.66. The van der Waals surface area contributed by atoms with Gasteiger partial charge < -0.3 is 5.32 Å². The highest BCUT2D eigenvalue weighted by Crippen LogP contribution is 2.36. The minimum absolute atomic E-state index is 0.0106. The predicted octanol–water partition coefficient (Wildman–Crippen LogP) is 4.02. The molecule has 0 radical (unpaired) electrons. The molecule has 8 heteroatoms. The van der Waals surface area contributed by atoms with Crippen LogP contribution in [0, 0.1) is 17.0 Å². The number of amides is 1. The SMILES string of the molecule is Cc1ccc(-n2nc3c(c2NC(=O)Cc2ccc([N+](=O)[O-])cc2)CSC3)cc1. The molecule has 0 aliphatic carbocycles. The van der Waals surface area contributed by atoms with Crippen LogP contribution in [0.3, 0.4) is 0 Å². The summed E-state index contributed by atoms with van der Waals surface area (Å²) in [5.41, 5.74) is 4.84. The van der Waals surface area contributed by atoms with E-state index in [9.17, 15) is 14.9 Å². The second kappa shape index (κ2) is 7.47. The smallest absolute Gasteiger partial charge is 0.269 e. The number of nitro benzene ring substituents is 1. The molecule has 0 unspecified atom stereocenters. The van der Waals surface area contributed by atoms with Crippen LogP contribution in [0.4, 0.5) is 11.5 Å². The van der Waals surface area contributed by atoms with E-state index in [-0.39, 0.29) is 18.0 Å². The fourth-order valence-corrected chi connectivity index (χ4v) is 4.15. The van der Waals surface area contributed by atoms with E-state index in [1.165, 1.54) is 12.1 Å². The highest BCUT2D eigenvalue weighted by atomic mass is 32.2. The number of thioether (sulfide) groups is 1. The van der Waals surface area contributed by atoms with Gasteiger partial charge in [0.05, 0.1) is 22.7 Å². The van der Waals surface area contributed by atoms with Crippen LogP contribution in [0.2, 0.25) is 0 Å². The van der Waals surface area contributed by atoms with Crippen molar-refractivity contribution in [2.75, 3.05) is 5.32 Å². The Bertz CT molecular complexity index is 1040. The van der Waals surface area contributed by atoms with Crippen molar-refractivity contribution in [3.05, 3.63) is 81.0 Å². The molecule has 0 bridgehead atoms. The Balaban J connectivity index is 1.57. The monoisotopic (exact) mass is 394 g/mol. The fraction of sp³-hybridized carbons (Fsp3) is 0.200. The molecule has 1 aliphatic rings. The van der Waals surface area contributed by atoms with Crippen molar-refractivity contribution in [1.82, 2.24) is 9.78 Å². The summed E-state index contributed by atoms with van der Waals surface area (Å²) < 4.78 is 1.79. The van der Waals surface area contributed by atoms with Crippen LogP contribution < -0.4 is 5.32 Å². The first-order valence-corrected chi connectivity index (χ1v) is 9.95. The number of benzene rings is 2. The molecule has 2 aromatic carbocycles. The van der Waals surface area contributed by atoms with Crippen LogP contribution in [0.1, 0.15) is 22.4 Å². The Morgan fingerprint density at radius 1 is 1.18 bits per heavy atom. The molecule has 142 valence electrons. The normalized spacial score (nSPS) is 12.6. The molecule has 0 atom stereocenters. The molecule has 28 heavy (non-hydrogen) atoms. The standard InChI is InChI=1S/C20H18N4O3S/c1-13-2-6-15(7-3-13)23-20(17-11-28-12-18(17)22-23)21-19(25)10-14-4-8-16(9-5-14)24(26)27/h2-9H,10-12H2,1H3,(H,21,25). The molecular weight excluding hydrogens is 376 g/mol. The van der Waals surface area contributed by atoms with Crippen molar-refractivity contribution in [2.24, 2.45) is 0 Å². The third kappa shape index (κ3) is 3.63. The minimum atomic E-state index is -0.453. The summed E-state index contributed by atoms with van der Waals surface area (Å²) in [5.74, 6) is 2.17. The van der Waals surface area contributed by atoms with Crippen molar-refractivity contribution >= 4 is 29.2 Å². The molecule has 3 aromatic rings. The summed E-state index contributed by atoms with van der Waals surface area (Å²) in [5, 5.41) is 18.5. The van der Waals surface area contributed by atoms with Gasteiger partial charge in [0.15, 0.2) is 0 Å². The van der Waals surface area contributed by atoms with Gasteiger partial charge in [-0.3, -0.25) is 14.9 Å². The number of nitro groups is 1. The lowest BCUT2D eigenvalue weighted by atomic mass is 10.1. The number of carbonyl (C=O) groups excluding carboxylic acids is 1. The summed E-state index contributed by atoms with van der Waals surface area (Å²) in [7, 11) is 0. The average molecular weight is 394 g/mol. The van der Waals surface area contributed by atoms with Gasteiger partial charge in [-0.05, 0) is 24.6 Å². The minimum Gasteiger partial charge on any atom is -0.310 e. The van der Waals surface area contributed by atoms with Crippen LogP contribution in [-0.4, -0.2) is 20.6 Å². The van der Waals surface area contributed by atoms with Gasteiger partial charge in [-0.25, -0.2) is 4.68 Å². The Kier molecular flexibility index (Phi) is 4.87. The van der Waals surface area contributed by atoms with Gasteiger partial charge in [-0.2, -0.15) is 16.9 Å². The van der Waals surface area contributed by atoms with Crippen LogP contribution in [0.25, 0.3) is 5.69 Å². The van der Waals surface area contributed by atoms with E-state index in [0.717, 1.165) is 39.6 Å². The highest BCUT2D eigenvalue weighted by Gasteiger charge is 2.24. The molecule has 0 spiro atoms. The zero-order valence-corrected chi connectivity index (χ0v) is 16.0. The van der Waals surface area contributed by atoms with E-state index < -0.39 is 4.92 Å². The van der Waals surface area contributed by atoms with Gasteiger partial charge in [-0.1, -0.05) is 29.8 Å². The van der Waals surface area contributed by atoms with Crippen molar-refractivity contribution < 1.29 is 9.72 Å². The van der Waals surface area contributed by atoms with E-state index in [2.05, 4.69) is 10.4 Å². The molecule has 7 nitrogen and oxygen atoms in total. The largest absolute Gasteiger partial charge is 0.310 e. The number of nitrogens with one attached hydrogen (secondary N) is 1. The maximum Gasteiger partial charge on any atom is 0.269 e. The van der Waals surface area contributed by atoms with Crippen LogP contribution in [-0.2, 0) is 22.7 Å². The maximum atomic E-state index is 12.6. The number of non-ortho nitro benzene ring substituents is 1. The van der Waals surface area contributed by atoms with Crippen LogP contribution in [0.5, 0.6) is 0 Å². The lowest BCUT2D eigenvalue weighted by Crippen LogP contribution is -2.18. The molecule has 1 N–H and O–H groups in total. The molecule has 0 saturated carbocycles. The molecule has 2 heterocycles. The van der Waals surface area contributed by atoms with E-state index in [1.54, 1.807) is 28.6 Å².